The van der Waals surface area contributed by atoms with Gasteiger partial charge in [0.25, 0.3) is 23.4 Å². The molecular formula is C22H21N3O7. The fourth-order valence-electron chi connectivity index (χ4n) is 3.29. The molecule has 0 spiro atoms. The Hall–Kier alpha value is -4.08. The Morgan fingerprint density at radius 2 is 1.84 bits per heavy atom. The van der Waals surface area contributed by atoms with Gasteiger partial charge in [0.1, 0.15) is 5.69 Å². The van der Waals surface area contributed by atoms with Crippen molar-refractivity contribution in [2.24, 2.45) is 0 Å². The number of amides is 3. The first kappa shape index (κ1) is 22.6. The molecular weight excluding hydrogens is 418 g/mol. The number of nitro groups is 1. The van der Waals surface area contributed by atoms with E-state index in [9.17, 15) is 29.3 Å². The van der Waals surface area contributed by atoms with Gasteiger partial charge in [-0.25, -0.2) is 4.79 Å². The molecule has 3 amide bonds. The zero-order valence-corrected chi connectivity index (χ0v) is 17.5. The fourth-order valence-corrected chi connectivity index (χ4v) is 3.29. The van der Waals surface area contributed by atoms with Gasteiger partial charge in [-0.3, -0.25) is 29.4 Å². The van der Waals surface area contributed by atoms with Crippen LogP contribution in [0, 0.1) is 17.0 Å². The number of hydrogen-bond acceptors (Lipinski definition) is 7. The van der Waals surface area contributed by atoms with Crippen molar-refractivity contribution in [2.75, 3.05) is 18.5 Å². The molecule has 2 aromatic carbocycles. The lowest BCUT2D eigenvalue weighted by Crippen LogP contribution is -2.30. The number of nitrogens with one attached hydrogen (secondary N) is 1. The molecule has 1 N–H and O–H groups in total. The van der Waals surface area contributed by atoms with Crippen LogP contribution in [-0.4, -0.2) is 46.7 Å². The van der Waals surface area contributed by atoms with Crippen LogP contribution in [-0.2, 0) is 9.53 Å². The van der Waals surface area contributed by atoms with Crippen LogP contribution in [0.5, 0.6) is 0 Å². The van der Waals surface area contributed by atoms with E-state index in [-0.39, 0.29) is 28.1 Å². The first-order chi connectivity index (χ1) is 15.2. The minimum atomic E-state index is -0.866. The molecule has 0 fully saturated rings. The van der Waals surface area contributed by atoms with Crippen molar-refractivity contribution in [1.82, 2.24) is 4.90 Å². The summed E-state index contributed by atoms with van der Waals surface area (Å²) in [5, 5.41) is 13.5. The van der Waals surface area contributed by atoms with Gasteiger partial charge < -0.3 is 10.1 Å². The number of esters is 1. The standard InChI is InChI=1S/C22H21N3O7/c1-3-4-10-24-20(27)15-9-8-14(11-16(15)21(24)28)22(29)32-12-18(26)23-19-13(2)6-5-7-17(19)25(30)31/h5-9,11H,3-4,10,12H2,1-2H3,(H,23,26). The number of ether oxygens (including phenoxy) is 1. The molecule has 3 rings (SSSR count). The molecule has 1 heterocycles. The average Bonchev–Trinajstić information content (AvgIpc) is 3.01. The normalized spacial score (nSPS) is 12.5. The number of hydrogen-bond donors (Lipinski definition) is 1. The maximum absolute atomic E-state index is 12.5. The predicted octanol–water partition coefficient (Wildman–Crippen LogP) is 3.09. The summed E-state index contributed by atoms with van der Waals surface area (Å²) in [7, 11) is 0. The Balaban J connectivity index is 1.67. The molecule has 2 aromatic rings. The number of benzene rings is 2. The number of fused-ring (bicyclic) bond motifs is 1. The van der Waals surface area contributed by atoms with Crippen LogP contribution in [0.3, 0.4) is 0 Å². The van der Waals surface area contributed by atoms with E-state index >= 15 is 0 Å². The van der Waals surface area contributed by atoms with Gasteiger partial charge in [-0.15, -0.1) is 0 Å². The quantitative estimate of drug-likeness (QED) is 0.289. The molecule has 32 heavy (non-hydrogen) atoms. The number of imide groups is 1. The van der Waals surface area contributed by atoms with Gasteiger partial charge in [-0.2, -0.15) is 0 Å². The number of carbonyl (C=O) groups is 4. The SMILES string of the molecule is CCCCN1C(=O)c2ccc(C(=O)OCC(=O)Nc3c(C)cccc3[N+](=O)[O-])cc2C1=O. The van der Waals surface area contributed by atoms with Gasteiger partial charge in [-0.05, 0) is 37.1 Å². The third-order valence-electron chi connectivity index (χ3n) is 4.99. The van der Waals surface area contributed by atoms with Crippen molar-refractivity contribution in [3.05, 3.63) is 68.8 Å². The summed E-state index contributed by atoms with van der Waals surface area (Å²) in [6.45, 7) is 3.16. The molecule has 166 valence electrons. The smallest absolute Gasteiger partial charge is 0.338 e. The minimum Gasteiger partial charge on any atom is -0.452 e. The van der Waals surface area contributed by atoms with Crippen molar-refractivity contribution >= 4 is 35.1 Å². The maximum atomic E-state index is 12.5. The summed E-state index contributed by atoms with van der Waals surface area (Å²) in [6, 6.07) is 8.34. The molecule has 1 aliphatic heterocycles. The Morgan fingerprint density at radius 1 is 1.12 bits per heavy atom. The van der Waals surface area contributed by atoms with Gasteiger partial charge in [0, 0.05) is 12.6 Å². The number of aryl methyl sites for hydroxylation is 1. The third-order valence-corrected chi connectivity index (χ3v) is 4.99. The molecule has 0 bridgehead atoms. The van der Waals surface area contributed by atoms with E-state index in [4.69, 9.17) is 4.74 Å². The average molecular weight is 439 g/mol. The zero-order valence-electron chi connectivity index (χ0n) is 17.5. The molecule has 0 atom stereocenters. The van der Waals surface area contributed by atoms with E-state index in [1.807, 2.05) is 6.92 Å². The predicted molar refractivity (Wildman–Crippen MR) is 113 cm³/mol. The van der Waals surface area contributed by atoms with Crippen molar-refractivity contribution in [3.63, 3.8) is 0 Å². The number of rotatable bonds is 8. The Morgan fingerprint density at radius 3 is 2.53 bits per heavy atom. The van der Waals surface area contributed by atoms with Gasteiger partial charge in [0.05, 0.1) is 21.6 Å². The molecule has 0 saturated heterocycles. The molecule has 10 heteroatoms. The van der Waals surface area contributed by atoms with Crippen molar-refractivity contribution < 1.29 is 28.8 Å². The van der Waals surface area contributed by atoms with Crippen LogP contribution in [0.1, 0.15) is 56.4 Å². The summed E-state index contributed by atoms with van der Waals surface area (Å²) in [5.74, 6) is -2.50. The summed E-state index contributed by atoms with van der Waals surface area (Å²) >= 11 is 0. The van der Waals surface area contributed by atoms with Crippen molar-refractivity contribution in [2.45, 2.75) is 26.7 Å². The number of anilines is 1. The highest BCUT2D eigenvalue weighted by atomic mass is 16.6. The van der Waals surface area contributed by atoms with Crippen LogP contribution in [0.15, 0.2) is 36.4 Å². The second kappa shape index (κ2) is 9.38. The topological polar surface area (TPSA) is 136 Å². The zero-order chi connectivity index (χ0) is 23.4. The first-order valence-electron chi connectivity index (χ1n) is 9.95. The van der Waals surface area contributed by atoms with Gasteiger partial charge >= 0.3 is 5.97 Å². The Bertz CT molecular complexity index is 1130. The number of nitro benzene ring substituents is 1. The summed E-state index contributed by atoms with van der Waals surface area (Å²) < 4.78 is 4.99. The van der Waals surface area contributed by atoms with E-state index in [0.717, 1.165) is 11.3 Å². The number of para-hydroxylation sites is 1. The Kier molecular flexibility index (Phi) is 6.62. The fraction of sp³-hybridized carbons (Fsp3) is 0.273. The van der Waals surface area contributed by atoms with Crippen LogP contribution in [0.2, 0.25) is 0 Å². The van der Waals surface area contributed by atoms with Crippen molar-refractivity contribution in [3.8, 4) is 0 Å². The van der Waals surface area contributed by atoms with E-state index in [1.54, 1.807) is 13.0 Å². The largest absolute Gasteiger partial charge is 0.452 e. The van der Waals surface area contributed by atoms with E-state index in [0.29, 0.717) is 18.5 Å². The molecule has 0 saturated carbocycles. The molecule has 0 unspecified atom stereocenters. The summed E-state index contributed by atoms with van der Waals surface area (Å²) in [5.41, 5.74) is 0.560. The van der Waals surface area contributed by atoms with Gasteiger partial charge in [-0.1, -0.05) is 25.5 Å². The van der Waals surface area contributed by atoms with Crippen LogP contribution in [0.25, 0.3) is 0 Å². The lowest BCUT2D eigenvalue weighted by Gasteiger charge is -2.12. The van der Waals surface area contributed by atoms with Gasteiger partial charge in [0.15, 0.2) is 6.61 Å². The van der Waals surface area contributed by atoms with Crippen LogP contribution < -0.4 is 5.32 Å². The van der Waals surface area contributed by atoms with Crippen molar-refractivity contribution in [1.29, 1.82) is 0 Å². The molecule has 0 aromatic heterocycles. The first-order valence-corrected chi connectivity index (χ1v) is 9.95. The summed E-state index contributed by atoms with van der Waals surface area (Å²) in [4.78, 5) is 61.1. The lowest BCUT2D eigenvalue weighted by molar-refractivity contribution is -0.384. The third kappa shape index (κ3) is 4.48. The number of carbonyl (C=O) groups excluding carboxylic acids is 4. The summed E-state index contributed by atoms with van der Waals surface area (Å²) in [6.07, 6.45) is 1.49. The highest BCUT2D eigenvalue weighted by Crippen LogP contribution is 2.28. The highest BCUT2D eigenvalue weighted by Gasteiger charge is 2.35. The molecule has 10 nitrogen and oxygen atoms in total. The monoisotopic (exact) mass is 439 g/mol. The number of nitrogens with zero attached hydrogens (tertiary/aromatic N) is 2. The number of unbranched alkanes of at least 4 members (excludes halogenated alkanes) is 1. The Labute approximate surface area is 183 Å². The second-order valence-corrected chi connectivity index (χ2v) is 7.23. The minimum absolute atomic E-state index is 0.0110. The molecule has 0 aliphatic carbocycles. The van der Waals surface area contributed by atoms with E-state index in [2.05, 4.69) is 5.32 Å². The van der Waals surface area contributed by atoms with Gasteiger partial charge in [0.2, 0.25) is 0 Å². The second-order valence-electron chi connectivity index (χ2n) is 7.23. The molecule has 1 aliphatic rings. The maximum Gasteiger partial charge on any atom is 0.338 e. The van der Waals surface area contributed by atoms with E-state index < -0.39 is 35.2 Å². The van der Waals surface area contributed by atoms with Crippen LogP contribution >= 0.6 is 0 Å². The van der Waals surface area contributed by atoms with Crippen LogP contribution in [0.4, 0.5) is 11.4 Å². The lowest BCUT2D eigenvalue weighted by atomic mass is 10.1. The molecule has 0 radical (unpaired) electrons. The highest BCUT2D eigenvalue weighted by molar-refractivity contribution is 6.22. The van der Waals surface area contributed by atoms with E-state index in [1.165, 1.54) is 30.3 Å².